The van der Waals surface area contributed by atoms with Crippen molar-refractivity contribution < 1.29 is 9.32 Å². The van der Waals surface area contributed by atoms with Crippen molar-refractivity contribution in [1.82, 2.24) is 25.3 Å². The first-order valence-electron chi connectivity index (χ1n) is 6.42. The number of piperazine rings is 1. The second-order valence-electron chi connectivity index (χ2n) is 4.56. The third-order valence-electron chi connectivity index (χ3n) is 3.26. The van der Waals surface area contributed by atoms with Crippen molar-refractivity contribution in [3.05, 3.63) is 30.4 Å². The van der Waals surface area contributed by atoms with Gasteiger partial charge in [-0.25, -0.2) is 0 Å². The van der Waals surface area contributed by atoms with Gasteiger partial charge in [-0.05, 0) is 6.07 Å². The van der Waals surface area contributed by atoms with Gasteiger partial charge < -0.3 is 14.7 Å². The summed E-state index contributed by atoms with van der Waals surface area (Å²) in [7, 11) is 0. The number of pyridine rings is 1. The molecule has 0 saturated carbocycles. The highest BCUT2D eigenvalue weighted by molar-refractivity contribution is 5.95. The molecule has 8 heteroatoms. The van der Waals surface area contributed by atoms with E-state index in [0.29, 0.717) is 36.6 Å². The van der Waals surface area contributed by atoms with E-state index in [1.807, 2.05) is 0 Å². The number of carbonyl (C=O) groups excluding carboxylic acids is 1. The third-order valence-corrected chi connectivity index (χ3v) is 3.26. The second-order valence-corrected chi connectivity index (χ2v) is 4.56. The molecular formula is C13H12N6O2. The maximum atomic E-state index is 12.5. The van der Waals surface area contributed by atoms with Gasteiger partial charge in [0.05, 0.1) is 11.6 Å². The summed E-state index contributed by atoms with van der Waals surface area (Å²) in [5.74, 6) is 0.148. The molecule has 0 aliphatic carbocycles. The summed E-state index contributed by atoms with van der Waals surface area (Å²) >= 11 is 0. The highest BCUT2D eigenvalue weighted by Crippen LogP contribution is 2.17. The molecule has 1 N–H and O–H groups in total. The molecule has 1 aliphatic heterocycles. The van der Waals surface area contributed by atoms with E-state index in [0.717, 1.165) is 0 Å². The van der Waals surface area contributed by atoms with Crippen LogP contribution in [0.2, 0.25) is 0 Å². The largest absolute Gasteiger partial charge is 0.342 e. The molecular weight excluding hydrogens is 272 g/mol. The van der Waals surface area contributed by atoms with Crippen LogP contribution in [0.25, 0.3) is 11.4 Å². The van der Waals surface area contributed by atoms with Crippen LogP contribution in [-0.2, 0) is 0 Å². The van der Waals surface area contributed by atoms with Crippen LogP contribution in [0.5, 0.6) is 0 Å². The van der Waals surface area contributed by atoms with Gasteiger partial charge in [0.1, 0.15) is 6.04 Å². The lowest BCUT2D eigenvalue weighted by Gasteiger charge is -2.31. The molecule has 1 aliphatic rings. The van der Waals surface area contributed by atoms with Gasteiger partial charge >= 0.3 is 0 Å². The standard InChI is InChI=1S/C13H12N6O2/c14-4-11-7-15-1-2-19(11)13(20)10-3-9(5-16-6-10)12-17-8-21-18-12/h3,5-6,8,11,15H,1-2,7H2. The molecule has 1 unspecified atom stereocenters. The molecule has 106 valence electrons. The summed E-state index contributed by atoms with van der Waals surface area (Å²) in [5.41, 5.74) is 0.998. The first kappa shape index (κ1) is 13.2. The number of hydrogen-bond acceptors (Lipinski definition) is 7. The van der Waals surface area contributed by atoms with Gasteiger partial charge in [0.25, 0.3) is 5.91 Å². The predicted molar refractivity (Wildman–Crippen MR) is 70.8 cm³/mol. The molecule has 3 heterocycles. The van der Waals surface area contributed by atoms with Crippen molar-refractivity contribution in [2.75, 3.05) is 19.6 Å². The highest BCUT2D eigenvalue weighted by atomic mass is 16.5. The summed E-state index contributed by atoms with van der Waals surface area (Å²) < 4.78 is 4.68. The zero-order valence-corrected chi connectivity index (χ0v) is 11.1. The van der Waals surface area contributed by atoms with Crippen LogP contribution in [0.1, 0.15) is 10.4 Å². The van der Waals surface area contributed by atoms with Gasteiger partial charge in [-0.3, -0.25) is 9.78 Å². The Bertz CT molecular complexity index is 678. The lowest BCUT2D eigenvalue weighted by atomic mass is 10.1. The monoisotopic (exact) mass is 284 g/mol. The minimum atomic E-state index is -0.472. The molecule has 1 saturated heterocycles. The van der Waals surface area contributed by atoms with Crippen LogP contribution in [0.3, 0.4) is 0 Å². The van der Waals surface area contributed by atoms with E-state index in [1.54, 1.807) is 17.2 Å². The Balaban J connectivity index is 1.88. The fourth-order valence-electron chi connectivity index (χ4n) is 2.21. The van der Waals surface area contributed by atoms with E-state index < -0.39 is 6.04 Å². The Morgan fingerprint density at radius 2 is 2.43 bits per heavy atom. The van der Waals surface area contributed by atoms with E-state index in [9.17, 15) is 4.79 Å². The lowest BCUT2D eigenvalue weighted by Crippen LogP contribution is -2.53. The van der Waals surface area contributed by atoms with Crippen molar-refractivity contribution in [3.63, 3.8) is 0 Å². The van der Waals surface area contributed by atoms with Gasteiger partial charge in [-0.1, -0.05) is 5.16 Å². The molecule has 2 aromatic rings. The smallest absolute Gasteiger partial charge is 0.256 e. The van der Waals surface area contributed by atoms with Crippen LogP contribution in [0.4, 0.5) is 0 Å². The topological polar surface area (TPSA) is 108 Å². The quantitative estimate of drug-likeness (QED) is 0.831. The summed E-state index contributed by atoms with van der Waals surface area (Å²) in [5, 5.41) is 15.9. The van der Waals surface area contributed by atoms with Crippen LogP contribution in [0.15, 0.2) is 29.4 Å². The van der Waals surface area contributed by atoms with Crippen molar-refractivity contribution in [1.29, 1.82) is 5.26 Å². The number of amides is 1. The number of aromatic nitrogens is 3. The summed E-state index contributed by atoms with van der Waals surface area (Å²) in [6, 6.07) is 3.31. The van der Waals surface area contributed by atoms with Crippen molar-refractivity contribution in [2.24, 2.45) is 0 Å². The SMILES string of the molecule is N#CC1CNCCN1C(=O)c1cncc(-c2ncon2)c1. The molecule has 1 fully saturated rings. The zero-order valence-electron chi connectivity index (χ0n) is 11.1. The third kappa shape index (κ3) is 2.59. The van der Waals surface area contributed by atoms with Gasteiger partial charge in [0.15, 0.2) is 0 Å². The molecule has 0 radical (unpaired) electrons. The molecule has 8 nitrogen and oxygen atoms in total. The summed E-state index contributed by atoms with van der Waals surface area (Å²) in [6.07, 6.45) is 4.25. The average molecular weight is 284 g/mol. The van der Waals surface area contributed by atoms with Gasteiger partial charge in [0, 0.05) is 37.6 Å². The molecule has 0 bridgehead atoms. The predicted octanol–water partition coefficient (Wildman–Crippen LogP) is 0.0692. The summed E-state index contributed by atoms with van der Waals surface area (Å²) in [4.78, 5) is 22.0. The molecule has 3 rings (SSSR count). The lowest BCUT2D eigenvalue weighted by molar-refractivity contribution is 0.0686. The fraction of sp³-hybridized carbons (Fsp3) is 0.308. The van der Waals surface area contributed by atoms with Gasteiger partial charge in [-0.2, -0.15) is 10.2 Å². The maximum absolute atomic E-state index is 12.5. The first-order chi connectivity index (χ1) is 10.3. The first-order valence-corrected chi connectivity index (χ1v) is 6.42. The Kier molecular flexibility index (Phi) is 3.57. The number of nitrogens with zero attached hydrogens (tertiary/aromatic N) is 5. The Hall–Kier alpha value is -2.79. The van der Waals surface area contributed by atoms with Crippen molar-refractivity contribution >= 4 is 5.91 Å². The van der Waals surface area contributed by atoms with E-state index in [1.165, 1.54) is 12.6 Å². The van der Waals surface area contributed by atoms with Crippen LogP contribution >= 0.6 is 0 Å². The van der Waals surface area contributed by atoms with E-state index >= 15 is 0 Å². The Morgan fingerprint density at radius 1 is 1.52 bits per heavy atom. The van der Waals surface area contributed by atoms with Gasteiger partial charge in [-0.15, -0.1) is 0 Å². The number of nitrogens with one attached hydrogen (secondary N) is 1. The Morgan fingerprint density at radius 3 is 3.19 bits per heavy atom. The van der Waals surface area contributed by atoms with E-state index in [-0.39, 0.29) is 5.91 Å². The minimum absolute atomic E-state index is 0.221. The molecule has 1 atom stereocenters. The number of nitriles is 1. The fourth-order valence-corrected chi connectivity index (χ4v) is 2.21. The second kappa shape index (κ2) is 5.68. The molecule has 0 spiro atoms. The Labute approximate surface area is 120 Å². The summed E-state index contributed by atoms with van der Waals surface area (Å²) in [6.45, 7) is 1.63. The number of carbonyl (C=O) groups is 1. The molecule has 21 heavy (non-hydrogen) atoms. The van der Waals surface area contributed by atoms with Crippen LogP contribution < -0.4 is 5.32 Å². The normalized spacial score (nSPS) is 18.2. The average Bonchev–Trinajstić information content (AvgIpc) is 3.09. The van der Waals surface area contributed by atoms with Crippen LogP contribution in [0, 0.1) is 11.3 Å². The van der Waals surface area contributed by atoms with Crippen LogP contribution in [-0.4, -0.2) is 51.6 Å². The van der Waals surface area contributed by atoms with Gasteiger partial charge in [0.2, 0.25) is 12.2 Å². The highest BCUT2D eigenvalue weighted by Gasteiger charge is 2.27. The number of hydrogen-bond donors (Lipinski definition) is 1. The minimum Gasteiger partial charge on any atom is -0.342 e. The zero-order chi connectivity index (χ0) is 14.7. The molecule has 1 amide bonds. The van der Waals surface area contributed by atoms with E-state index in [2.05, 4.69) is 31.0 Å². The van der Waals surface area contributed by atoms with E-state index in [4.69, 9.17) is 5.26 Å². The van der Waals surface area contributed by atoms with Crippen molar-refractivity contribution in [2.45, 2.75) is 6.04 Å². The molecule has 0 aromatic carbocycles. The maximum Gasteiger partial charge on any atom is 0.256 e. The number of rotatable bonds is 2. The van der Waals surface area contributed by atoms with Crippen molar-refractivity contribution in [3.8, 4) is 17.5 Å². The molecule has 2 aromatic heterocycles.